The summed E-state index contributed by atoms with van der Waals surface area (Å²) < 4.78 is 0. The van der Waals surface area contributed by atoms with E-state index in [0.29, 0.717) is 5.69 Å². The van der Waals surface area contributed by atoms with Gasteiger partial charge in [-0.15, -0.1) is 0 Å². The number of para-hydroxylation sites is 2. The highest BCUT2D eigenvalue weighted by atomic mass is 32.2. The maximum absolute atomic E-state index is 11.0. The van der Waals surface area contributed by atoms with Crippen molar-refractivity contribution in [3.05, 3.63) is 78.0 Å². The summed E-state index contributed by atoms with van der Waals surface area (Å²) in [7, 11) is 0. The molecule has 24 heavy (non-hydrogen) atoms. The minimum atomic E-state index is -0.911. The fourth-order valence-electron chi connectivity index (χ4n) is 2.69. The average molecular weight is 334 g/mol. The maximum Gasteiger partial charge on any atom is 0.163 e. The summed E-state index contributed by atoms with van der Waals surface area (Å²) >= 11 is 1.63. The second-order valence-electron chi connectivity index (χ2n) is 5.41. The van der Waals surface area contributed by atoms with Crippen LogP contribution in [0, 0.1) is 5.21 Å². The van der Waals surface area contributed by atoms with Gasteiger partial charge in [0.2, 0.25) is 0 Å². The molecule has 4 nitrogen and oxygen atoms in total. The highest BCUT2D eigenvalue weighted by Crippen LogP contribution is 2.38. The predicted molar refractivity (Wildman–Crippen MR) is 95.6 cm³/mol. The molecule has 0 fully saturated rings. The van der Waals surface area contributed by atoms with Crippen molar-refractivity contribution in [1.82, 2.24) is 4.98 Å². The molecule has 0 saturated carbocycles. The lowest BCUT2D eigenvalue weighted by atomic mass is 10.1. The number of quaternary nitrogens is 1. The first-order valence-electron chi connectivity index (χ1n) is 7.51. The van der Waals surface area contributed by atoms with E-state index < -0.39 is 5.23 Å². The molecule has 2 N–H and O–H groups in total. The van der Waals surface area contributed by atoms with E-state index in [0.717, 1.165) is 31.6 Å². The Bertz CT molecular complexity index is 963. The molecule has 3 aromatic carbocycles. The van der Waals surface area contributed by atoms with Gasteiger partial charge in [0.15, 0.2) is 5.69 Å². The summed E-state index contributed by atoms with van der Waals surface area (Å²) in [5.41, 5.74) is 2.21. The Morgan fingerprint density at radius 2 is 1.33 bits per heavy atom. The van der Waals surface area contributed by atoms with Crippen LogP contribution in [-0.4, -0.2) is 10.2 Å². The Kier molecular flexibility index (Phi) is 3.92. The van der Waals surface area contributed by atoms with Crippen LogP contribution in [0.1, 0.15) is 0 Å². The standard InChI is InChI=1S/C19H14N2O2S/c22-21(23)13-9-11-14(12-10-13)24-19-15-5-1-3-7-17(15)20-18-8-4-2-6-16(18)19/h1-12,21-22H. The fourth-order valence-corrected chi connectivity index (χ4v) is 3.77. The molecule has 0 aliphatic carbocycles. The van der Waals surface area contributed by atoms with Gasteiger partial charge in [-0.1, -0.05) is 48.2 Å². The largest absolute Gasteiger partial charge is 0.595 e. The number of pyridine rings is 1. The van der Waals surface area contributed by atoms with Crippen molar-refractivity contribution in [3.8, 4) is 0 Å². The summed E-state index contributed by atoms with van der Waals surface area (Å²) in [6.07, 6.45) is 0. The number of aromatic nitrogens is 1. The number of rotatable bonds is 3. The summed E-state index contributed by atoms with van der Waals surface area (Å²) in [5.74, 6) is 0. The molecule has 0 saturated heterocycles. The molecule has 0 aliphatic rings. The van der Waals surface area contributed by atoms with Gasteiger partial charge in [-0.3, -0.25) is 0 Å². The summed E-state index contributed by atoms with van der Waals surface area (Å²) in [6.45, 7) is 0. The molecule has 0 aliphatic heterocycles. The molecule has 118 valence electrons. The predicted octanol–water partition coefficient (Wildman–Crippen LogP) is 3.94. The van der Waals surface area contributed by atoms with Gasteiger partial charge in [-0.05, 0) is 24.3 Å². The number of benzene rings is 3. The van der Waals surface area contributed by atoms with Gasteiger partial charge in [0.1, 0.15) is 0 Å². The van der Waals surface area contributed by atoms with E-state index in [4.69, 9.17) is 10.2 Å². The second kappa shape index (κ2) is 6.22. The number of nitrogens with one attached hydrogen (secondary N) is 1. The smallest absolute Gasteiger partial charge is 0.163 e. The third-order valence-electron chi connectivity index (χ3n) is 3.86. The van der Waals surface area contributed by atoms with Gasteiger partial charge in [0.25, 0.3) is 0 Å². The number of hydrogen-bond acceptors (Lipinski definition) is 4. The molecule has 4 aromatic rings. The van der Waals surface area contributed by atoms with Gasteiger partial charge >= 0.3 is 0 Å². The molecular weight excluding hydrogens is 320 g/mol. The molecule has 1 atom stereocenters. The topological polar surface area (TPSA) is 60.6 Å². The van der Waals surface area contributed by atoms with Crippen molar-refractivity contribution in [1.29, 1.82) is 0 Å². The van der Waals surface area contributed by atoms with Crippen LogP contribution in [0.5, 0.6) is 0 Å². The van der Waals surface area contributed by atoms with Crippen LogP contribution in [-0.2, 0) is 0 Å². The molecule has 1 unspecified atom stereocenters. The van der Waals surface area contributed by atoms with E-state index >= 15 is 0 Å². The highest BCUT2D eigenvalue weighted by Gasteiger charge is 2.10. The van der Waals surface area contributed by atoms with E-state index in [1.807, 2.05) is 48.5 Å². The molecule has 0 amide bonds. The first-order chi connectivity index (χ1) is 11.7. The Hall–Kier alpha value is -2.44. The van der Waals surface area contributed by atoms with Crippen molar-refractivity contribution in [2.75, 3.05) is 0 Å². The molecule has 0 radical (unpaired) electrons. The first-order valence-corrected chi connectivity index (χ1v) is 8.33. The van der Waals surface area contributed by atoms with Gasteiger partial charge in [-0.2, -0.15) is 5.23 Å². The zero-order chi connectivity index (χ0) is 16.5. The van der Waals surface area contributed by atoms with Gasteiger partial charge in [0, 0.05) is 32.7 Å². The average Bonchev–Trinajstić information content (AvgIpc) is 2.62. The van der Waals surface area contributed by atoms with Crippen molar-refractivity contribution in [3.63, 3.8) is 0 Å². The van der Waals surface area contributed by atoms with Crippen molar-refractivity contribution in [2.45, 2.75) is 9.79 Å². The molecule has 4 rings (SSSR count). The summed E-state index contributed by atoms with van der Waals surface area (Å²) in [5, 5.41) is 21.3. The minimum Gasteiger partial charge on any atom is -0.595 e. The maximum atomic E-state index is 11.0. The normalized spacial score (nSPS) is 12.6. The molecule has 1 heterocycles. The van der Waals surface area contributed by atoms with Crippen LogP contribution in [0.15, 0.2) is 82.6 Å². The van der Waals surface area contributed by atoms with E-state index in [1.54, 1.807) is 23.9 Å². The zero-order valence-electron chi connectivity index (χ0n) is 12.6. The lowest BCUT2D eigenvalue weighted by Crippen LogP contribution is -2.99. The highest BCUT2D eigenvalue weighted by molar-refractivity contribution is 7.99. The van der Waals surface area contributed by atoms with Crippen molar-refractivity contribution in [2.24, 2.45) is 0 Å². The molecule has 5 heteroatoms. The van der Waals surface area contributed by atoms with E-state index in [2.05, 4.69) is 12.1 Å². The Balaban J connectivity index is 1.87. The lowest BCUT2D eigenvalue weighted by molar-refractivity contribution is -0.991. The first kappa shape index (κ1) is 15.1. The van der Waals surface area contributed by atoms with Crippen LogP contribution in [0.2, 0.25) is 0 Å². The Labute approximate surface area is 142 Å². The van der Waals surface area contributed by atoms with Gasteiger partial charge < -0.3 is 5.21 Å². The van der Waals surface area contributed by atoms with Crippen LogP contribution in [0.4, 0.5) is 5.69 Å². The number of hydrogen-bond donors (Lipinski definition) is 2. The van der Waals surface area contributed by atoms with E-state index in [1.165, 1.54) is 0 Å². The number of nitrogens with zero attached hydrogens (tertiary/aromatic N) is 1. The van der Waals surface area contributed by atoms with Crippen LogP contribution in [0.3, 0.4) is 0 Å². The van der Waals surface area contributed by atoms with Crippen LogP contribution < -0.4 is 5.23 Å². The minimum absolute atomic E-state index is 0.295. The monoisotopic (exact) mass is 334 g/mol. The van der Waals surface area contributed by atoms with Crippen LogP contribution in [0.25, 0.3) is 21.8 Å². The molecular formula is C19H14N2O2S. The SMILES string of the molecule is [O-][NH+](O)c1ccc(Sc2c3ccccc3nc3ccccc23)cc1. The fraction of sp³-hybridized carbons (Fsp3) is 0. The Morgan fingerprint density at radius 1 is 0.792 bits per heavy atom. The summed E-state index contributed by atoms with van der Waals surface area (Å²) in [4.78, 5) is 6.87. The van der Waals surface area contributed by atoms with Gasteiger partial charge in [-0.25, -0.2) is 10.2 Å². The third-order valence-corrected chi connectivity index (χ3v) is 5.01. The third kappa shape index (κ3) is 2.74. The second-order valence-corrected chi connectivity index (χ2v) is 6.49. The molecule has 0 spiro atoms. The van der Waals surface area contributed by atoms with Crippen LogP contribution >= 0.6 is 11.8 Å². The number of fused-ring (bicyclic) bond motifs is 2. The van der Waals surface area contributed by atoms with Gasteiger partial charge in [0.05, 0.1) is 11.0 Å². The molecule has 1 aromatic heterocycles. The summed E-state index contributed by atoms with van der Waals surface area (Å²) in [6, 6.07) is 23.1. The Morgan fingerprint density at radius 3 is 1.88 bits per heavy atom. The zero-order valence-corrected chi connectivity index (χ0v) is 13.5. The quantitative estimate of drug-likeness (QED) is 0.440. The lowest BCUT2D eigenvalue weighted by Gasteiger charge is -2.13. The van der Waals surface area contributed by atoms with E-state index in [-0.39, 0.29) is 0 Å². The van der Waals surface area contributed by atoms with E-state index in [9.17, 15) is 5.21 Å². The molecule has 0 bridgehead atoms. The van der Waals surface area contributed by atoms with Crippen molar-refractivity contribution < 1.29 is 10.4 Å². The van der Waals surface area contributed by atoms with Crippen molar-refractivity contribution >= 4 is 39.3 Å².